The summed E-state index contributed by atoms with van der Waals surface area (Å²) in [6, 6.07) is 8.63. The second-order valence-corrected chi connectivity index (χ2v) is 5.02. The lowest BCUT2D eigenvalue weighted by molar-refractivity contribution is -0.239. The Morgan fingerprint density at radius 1 is 0.882 bits per heavy atom. The Bertz CT molecular complexity index is 378. The van der Waals surface area contributed by atoms with Gasteiger partial charge in [-0.05, 0) is 37.7 Å². The molecule has 0 atom stereocenters. The van der Waals surface area contributed by atoms with Crippen molar-refractivity contribution < 1.29 is 9.47 Å². The Morgan fingerprint density at radius 3 is 2.47 bits per heavy atom. The number of benzene rings is 1. The second-order valence-electron chi connectivity index (χ2n) is 5.02. The molecular formula is C15H20O2. The number of hydrogen-bond acceptors (Lipinski definition) is 2. The average Bonchev–Trinajstić information content (AvgIpc) is 2.70. The van der Waals surface area contributed by atoms with Gasteiger partial charge in [0, 0.05) is 12.0 Å². The molecule has 1 aromatic rings. The van der Waals surface area contributed by atoms with Crippen molar-refractivity contribution >= 4 is 0 Å². The van der Waals surface area contributed by atoms with Gasteiger partial charge in [0.05, 0.1) is 13.2 Å². The Morgan fingerprint density at radius 2 is 1.65 bits per heavy atom. The minimum absolute atomic E-state index is 0.441. The number of ether oxygens (including phenoxy) is 2. The molecule has 1 spiro atoms. The van der Waals surface area contributed by atoms with Crippen LogP contribution in [0.15, 0.2) is 24.3 Å². The van der Waals surface area contributed by atoms with E-state index in [1.54, 1.807) is 0 Å². The topological polar surface area (TPSA) is 18.5 Å². The van der Waals surface area contributed by atoms with Gasteiger partial charge in [0.1, 0.15) is 0 Å². The smallest absolute Gasteiger partial charge is 0.195 e. The van der Waals surface area contributed by atoms with E-state index in [9.17, 15) is 0 Å². The Kier molecular flexibility index (Phi) is 3.17. The summed E-state index contributed by atoms with van der Waals surface area (Å²) in [4.78, 5) is 0. The lowest BCUT2D eigenvalue weighted by Crippen LogP contribution is -2.32. The van der Waals surface area contributed by atoms with Gasteiger partial charge in [-0.25, -0.2) is 0 Å². The highest BCUT2D eigenvalue weighted by Gasteiger charge is 2.38. The number of aryl methyl sites for hydroxylation is 1. The fourth-order valence-electron chi connectivity index (χ4n) is 2.94. The fourth-order valence-corrected chi connectivity index (χ4v) is 2.94. The third-order valence-corrected chi connectivity index (χ3v) is 3.84. The molecule has 0 unspecified atom stereocenters. The zero-order valence-electron chi connectivity index (χ0n) is 10.3. The Balaban J connectivity index is 2.02. The molecule has 1 aliphatic carbocycles. The summed E-state index contributed by atoms with van der Waals surface area (Å²) < 4.78 is 12.2. The molecule has 2 nitrogen and oxygen atoms in total. The minimum Gasteiger partial charge on any atom is -0.346 e. The van der Waals surface area contributed by atoms with Crippen LogP contribution >= 0.6 is 0 Å². The van der Waals surface area contributed by atoms with Crippen molar-refractivity contribution in [2.45, 2.75) is 44.3 Å². The van der Waals surface area contributed by atoms with Crippen LogP contribution in [-0.2, 0) is 21.7 Å². The van der Waals surface area contributed by atoms with Crippen LogP contribution in [0.2, 0.25) is 0 Å². The largest absolute Gasteiger partial charge is 0.346 e. The first kappa shape index (κ1) is 11.2. The van der Waals surface area contributed by atoms with Crippen LogP contribution in [0.3, 0.4) is 0 Å². The number of hydrogen-bond donors (Lipinski definition) is 0. The minimum atomic E-state index is -0.441. The van der Waals surface area contributed by atoms with Crippen molar-refractivity contribution in [2.24, 2.45) is 0 Å². The SMILES string of the molecule is c1ccc2c(c1)CCCCC21OCCCCO1. The van der Waals surface area contributed by atoms with Crippen molar-refractivity contribution in [2.75, 3.05) is 13.2 Å². The van der Waals surface area contributed by atoms with E-state index in [1.807, 2.05) is 0 Å². The zero-order valence-corrected chi connectivity index (χ0v) is 10.3. The highest BCUT2D eigenvalue weighted by atomic mass is 16.7. The molecule has 0 amide bonds. The van der Waals surface area contributed by atoms with Crippen LogP contribution in [-0.4, -0.2) is 13.2 Å². The summed E-state index contributed by atoms with van der Waals surface area (Å²) in [5.74, 6) is -0.441. The van der Waals surface area contributed by atoms with Crippen molar-refractivity contribution in [1.29, 1.82) is 0 Å². The van der Waals surface area contributed by atoms with Crippen LogP contribution in [0, 0.1) is 0 Å². The van der Waals surface area contributed by atoms with Crippen LogP contribution in [0.4, 0.5) is 0 Å². The van der Waals surface area contributed by atoms with Gasteiger partial charge in [0.2, 0.25) is 0 Å². The molecule has 0 radical (unpaired) electrons. The highest BCUT2D eigenvalue weighted by Crippen LogP contribution is 2.39. The summed E-state index contributed by atoms with van der Waals surface area (Å²) in [5, 5.41) is 0. The molecule has 1 saturated heterocycles. The standard InChI is InChI=1S/C15H20O2/c1-2-9-14-13(7-1)8-3-4-10-15(14)16-11-5-6-12-17-15/h1-2,7,9H,3-6,8,10-12H2. The van der Waals surface area contributed by atoms with E-state index >= 15 is 0 Å². The molecule has 1 fully saturated rings. The van der Waals surface area contributed by atoms with Crippen molar-refractivity contribution in [3.8, 4) is 0 Å². The monoisotopic (exact) mass is 232 g/mol. The van der Waals surface area contributed by atoms with Crippen LogP contribution < -0.4 is 0 Å². The molecule has 92 valence electrons. The Hall–Kier alpha value is -0.860. The van der Waals surface area contributed by atoms with Crippen LogP contribution in [0.25, 0.3) is 0 Å². The van der Waals surface area contributed by atoms with Crippen molar-refractivity contribution in [3.63, 3.8) is 0 Å². The van der Waals surface area contributed by atoms with Gasteiger partial charge in [-0.3, -0.25) is 0 Å². The molecule has 1 aromatic carbocycles. The van der Waals surface area contributed by atoms with Crippen LogP contribution in [0.5, 0.6) is 0 Å². The molecule has 1 heterocycles. The first-order valence-corrected chi connectivity index (χ1v) is 6.77. The highest BCUT2D eigenvalue weighted by molar-refractivity contribution is 5.32. The third-order valence-electron chi connectivity index (χ3n) is 3.84. The summed E-state index contributed by atoms with van der Waals surface area (Å²) in [6.07, 6.45) is 6.82. The molecular weight excluding hydrogens is 212 g/mol. The van der Waals surface area contributed by atoms with Crippen LogP contribution in [0.1, 0.15) is 43.2 Å². The zero-order chi connectivity index (χ0) is 11.6. The van der Waals surface area contributed by atoms with Gasteiger partial charge >= 0.3 is 0 Å². The molecule has 0 bridgehead atoms. The quantitative estimate of drug-likeness (QED) is 0.682. The predicted molar refractivity (Wildman–Crippen MR) is 66.8 cm³/mol. The summed E-state index contributed by atoms with van der Waals surface area (Å²) in [7, 11) is 0. The van der Waals surface area contributed by atoms with Gasteiger partial charge in [-0.15, -0.1) is 0 Å². The summed E-state index contributed by atoms with van der Waals surface area (Å²) >= 11 is 0. The third kappa shape index (κ3) is 2.12. The van der Waals surface area contributed by atoms with Crippen molar-refractivity contribution in [3.05, 3.63) is 35.4 Å². The van der Waals surface area contributed by atoms with Gasteiger partial charge in [-0.2, -0.15) is 0 Å². The molecule has 0 saturated carbocycles. The van der Waals surface area contributed by atoms with E-state index in [1.165, 1.54) is 24.0 Å². The lowest BCUT2D eigenvalue weighted by atomic mass is 9.98. The number of fused-ring (bicyclic) bond motifs is 2. The van der Waals surface area contributed by atoms with E-state index in [-0.39, 0.29) is 0 Å². The maximum Gasteiger partial charge on any atom is 0.195 e. The van der Waals surface area contributed by atoms with E-state index < -0.39 is 5.79 Å². The maximum atomic E-state index is 6.12. The first-order valence-electron chi connectivity index (χ1n) is 6.77. The van der Waals surface area contributed by atoms with E-state index in [0.717, 1.165) is 38.9 Å². The normalized spacial score (nSPS) is 23.8. The molecule has 1 aliphatic heterocycles. The fraction of sp³-hybridized carbons (Fsp3) is 0.600. The van der Waals surface area contributed by atoms with Gasteiger partial charge in [0.25, 0.3) is 0 Å². The van der Waals surface area contributed by atoms with E-state index in [4.69, 9.17) is 9.47 Å². The summed E-state index contributed by atoms with van der Waals surface area (Å²) in [6.45, 7) is 1.66. The van der Waals surface area contributed by atoms with Gasteiger partial charge in [0.15, 0.2) is 5.79 Å². The van der Waals surface area contributed by atoms with Crippen molar-refractivity contribution in [1.82, 2.24) is 0 Å². The molecule has 0 aromatic heterocycles. The maximum absolute atomic E-state index is 6.12. The van der Waals surface area contributed by atoms with E-state index in [0.29, 0.717) is 0 Å². The first-order chi connectivity index (χ1) is 8.41. The molecule has 3 rings (SSSR count). The summed E-state index contributed by atoms with van der Waals surface area (Å²) in [5.41, 5.74) is 2.69. The van der Waals surface area contributed by atoms with Gasteiger partial charge < -0.3 is 9.47 Å². The molecule has 0 N–H and O–H groups in total. The van der Waals surface area contributed by atoms with E-state index in [2.05, 4.69) is 24.3 Å². The Labute approximate surface area is 103 Å². The lowest BCUT2D eigenvalue weighted by Gasteiger charge is -2.33. The molecule has 17 heavy (non-hydrogen) atoms. The molecule has 2 heteroatoms. The molecule has 2 aliphatic rings. The predicted octanol–water partition coefficient (Wildman–Crippen LogP) is 3.39. The van der Waals surface area contributed by atoms with Gasteiger partial charge in [-0.1, -0.05) is 24.3 Å². The average molecular weight is 232 g/mol. The number of rotatable bonds is 0. The second kappa shape index (κ2) is 4.79.